The number of fused-ring (bicyclic) bond motifs is 2. The topological polar surface area (TPSA) is 407 Å². The number of guanidine groups is 2. The molecule has 0 unspecified atom stereocenters. The van der Waals surface area contributed by atoms with Crippen molar-refractivity contribution in [1.29, 1.82) is 0 Å². The summed E-state index contributed by atoms with van der Waals surface area (Å²) in [5.41, 5.74) is 32.8. The van der Waals surface area contributed by atoms with E-state index in [9.17, 15) is 33.6 Å². The van der Waals surface area contributed by atoms with Gasteiger partial charge in [0.05, 0.1) is 23.0 Å². The largest absolute Gasteiger partial charge is 0.370 e. The number of aromatic amines is 1. The Morgan fingerprint density at radius 3 is 1.57 bits per heavy atom. The number of carbonyl (C=O) groups excluding carboxylic acids is 7. The van der Waals surface area contributed by atoms with Gasteiger partial charge < -0.3 is 80.7 Å². The smallest absolute Gasteiger partial charge is 0.251 e. The van der Waals surface area contributed by atoms with Gasteiger partial charge in [-0.2, -0.15) is 0 Å². The molecule has 8 rings (SSSR count). The highest BCUT2D eigenvalue weighted by Gasteiger charge is 2.32. The number of rotatable bonds is 31. The third-order valence-electron chi connectivity index (χ3n) is 15.2. The number of imidazole rings is 1. The molecule has 2 aromatic heterocycles. The zero-order valence-electron chi connectivity index (χ0n) is 48.7. The quantitative estimate of drug-likeness (QED) is 0.0129. The molecule has 0 radical (unpaired) electrons. The highest BCUT2D eigenvalue weighted by molar-refractivity contribution is 6.11. The minimum absolute atomic E-state index is 0.00264. The molecule has 26 heteroatoms. The molecule has 0 saturated carbocycles. The first-order chi connectivity index (χ1) is 42.0. The van der Waals surface area contributed by atoms with Crippen molar-refractivity contribution in [1.82, 2.24) is 46.0 Å². The lowest BCUT2D eigenvalue weighted by Gasteiger charge is -2.26. The van der Waals surface area contributed by atoms with E-state index in [-0.39, 0.29) is 74.5 Å². The maximum absolute atomic E-state index is 14.6. The molecule has 0 spiro atoms. The number of H-pyrrole nitrogens is 1. The van der Waals surface area contributed by atoms with Crippen molar-refractivity contribution >= 4 is 97.8 Å². The van der Waals surface area contributed by atoms with Gasteiger partial charge in [-0.1, -0.05) is 30.3 Å². The van der Waals surface area contributed by atoms with Gasteiger partial charge in [0.15, 0.2) is 11.9 Å². The average molecular weight is 1190 g/mol. The molecule has 0 aliphatic carbocycles. The molecule has 0 bridgehead atoms. The summed E-state index contributed by atoms with van der Waals surface area (Å²) < 4.78 is 0. The molecule has 460 valence electrons. The Bertz CT molecular complexity index is 3300. The SMILES string of the molecule is NC(=O)[C@H](CCCN=C(N)N)NC(=O)[C@H](Cc1cnc[nH]1)NC(=O)[C@H](CCCN=C(N)N)NC(=O)[C@H](Cc1ccccc1)NC(=O)c1ccc(Nc2c3ccc(NC(=O)CCN4CCCC4)cc3nc3cc(NC(=O)CCN4CCCC4)ccc23)cc1. The minimum atomic E-state index is -1.30. The molecule has 18 N–H and O–H groups in total. The Morgan fingerprint density at radius 2 is 1.06 bits per heavy atom. The standard InChI is InChI=1S/C61H79N19O7/c62-55(83)46(12-8-24-68-60(63)64)75-59(87)51(35-43-36-67-37-70-43)78-57(85)47(13-9-25-69-61(65)66)76-58(86)50(32-38-10-2-1-3-11-38)77-56(84)39-14-16-40(17-15-39)73-54-44-20-18-41(71-52(81)22-30-79-26-4-5-27-79)33-48(44)74-49-34-42(19-21-45(49)54)72-53(82)23-31-80-28-6-7-29-80/h1-3,10-11,14-21,33-34,36-37,46-47,50-51H,4-9,12-13,22-32,35H2,(H2,62,83)(H,67,70)(H,71,81)(H,72,82)(H,73,74)(H,75,87)(H,76,86)(H,77,84)(H,78,85)(H4,63,64,68)(H4,65,66,69)/t46-,47-,50-,51-/m0/s1. The van der Waals surface area contributed by atoms with Crippen molar-refractivity contribution < 1.29 is 33.6 Å². The number of benzene rings is 4. The fourth-order valence-corrected chi connectivity index (χ4v) is 10.6. The average Bonchev–Trinajstić information content (AvgIpc) is 1.84. The number of likely N-dealkylation sites (tertiary alicyclic amines) is 2. The van der Waals surface area contributed by atoms with E-state index < -0.39 is 53.7 Å². The fraction of sp³-hybridized carbons (Fsp3) is 0.393. The van der Waals surface area contributed by atoms with Crippen molar-refractivity contribution in [3.05, 3.63) is 120 Å². The van der Waals surface area contributed by atoms with Crippen LogP contribution in [0.1, 0.15) is 85.8 Å². The summed E-state index contributed by atoms with van der Waals surface area (Å²) in [5, 5.41) is 22.2. The van der Waals surface area contributed by atoms with Gasteiger partial charge >= 0.3 is 0 Å². The van der Waals surface area contributed by atoms with E-state index in [2.05, 4.69) is 67.0 Å². The molecule has 2 aliphatic heterocycles. The fourth-order valence-electron chi connectivity index (χ4n) is 10.6. The van der Waals surface area contributed by atoms with Crippen LogP contribution in [-0.2, 0) is 41.6 Å². The summed E-state index contributed by atoms with van der Waals surface area (Å²) in [4.78, 5) is 121. The lowest BCUT2D eigenvalue weighted by atomic mass is 10.0. The van der Waals surface area contributed by atoms with Crippen molar-refractivity contribution in [2.45, 2.75) is 101 Å². The molecule has 2 fully saturated rings. The van der Waals surface area contributed by atoms with E-state index >= 15 is 0 Å². The molecule has 2 aliphatic rings. The minimum Gasteiger partial charge on any atom is -0.370 e. The zero-order valence-corrected chi connectivity index (χ0v) is 48.7. The summed E-state index contributed by atoms with van der Waals surface area (Å²) in [6, 6.07) is 21.9. The Kier molecular flexibility index (Phi) is 22.9. The van der Waals surface area contributed by atoms with Crippen LogP contribution in [0.5, 0.6) is 0 Å². The number of nitrogens with zero attached hydrogens (tertiary/aromatic N) is 6. The number of hydrogen-bond acceptors (Lipinski definition) is 14. The molecule has 2 saturated heterocycles. The summed E-state index contributed by atoms with van der Waals surface area (Å²) in [6.07, 6.45) is 8.68. The molecule has 7 amide bonds. The predicted molar refractivity (Wildman–Crippen MR) is 335 cm³/mol. The molecule has 4 aromatic carbocycles. The number of pyridine rings is 1. The Hall–Kier alpha value is -9.69. The van der Waals surface area contributed by atoms with Gasteiger partial charge in [0, 0.05) is 97.2 Å². The van der Waals surface area contributed by atoms with Crippen LogP contribution in [0.3, 0.4) is 0 Å². The maximum atomic E-state index is 14.6. The van der Waals surface area contributed by atoms with Gasteiger partial charge in [0.2, 0.25) is 35.4 Å². The first-order valence-corrected chi connectivity index (χ1v) is 29.5. The normalized spacial score (nSPS) is 14.7. The zero-order chi connectivity index (χ0) is 61.7. The second kappa shape index (κ2) is 31.4. The van der Waals surface area contributed by atoms with E-state index in [1.54, 1.807) is 48.5 Å². The van der Waals surface area contributed by atoms with Crippen molar-refractivity contribution in [3.63, 3.8) is 0 Å². The first-order valence-electron chi connectivity index (χ1n) is 29.5. The summed E-state index contributed by atoms with van der Waals surface area (Å²) in [5.74, 6) is -4.12. The van der Waals surface area contributed by atoms with Crippen LogP contribution >= 0.6 is 0 Å². The number of nitrogens with two attached hydrogens (primary N) is 5. The molecular weight excluding hydrogens is 1110 g/mol. The monoisotopic (exact) mass is 1190 g/mol. The van der Waals surface area contributed by atoms with Crippen LogP contribution in [0.25, 0.3) is 21.8 Å². The van der Waals surface area contributed by atoms with Gasteiger partial charge in [-0.05, 0) is 144 Å². The van der Waals surface area contributed by atoms with Gasteiger partial charge in [-0.15, -0.1) is 0 Å². The van der Waals surface area contributed by atoms with Crippen molar-refractivity contribution in [2.75, 3.05) is 68.3 Å². The Balaban J connectivity index is 1.01. The summed E-state index contributed by atoms with van der Waals surface area (Å²) in [6.45, 7) is 5.62. The van der Waals surface area contributed by atoms with E-state index in [1.165, 1.54) is 12.5 Å². The highest BCUT2D eigenvalue weighted by atomic mass is 16.2. The van der Waals surface area contributed by atoms with Crippen LogP contribution in [0.15, 0.2) is 114 Å². The summed E-state index contributed by atoms with van der Waals surface area (Å²) in [7, 11) is 0. The number of primary amides is 1. The Morgan fingerprint density at radius 1 is 0.563 bits per heavy atom. The van der Waals surface area contributed by atoms with Gasteiger partial charge in [-0.25, -0.2) is 9.97 Å². The van der Waals surface area contributed by atoms with Crippen LogP contribution in [0.2, 0.25) is 0 Å². The molecule has 87 heavy (non-hydrogen) atoms. The number of aliphatic imine (C=N–C) groups is 2. The van der Waals surface area contributed by atoms with Crippen molar-refractivity contribution in [3.8, 4) is 0 Å². The van der Waals surface area contributed by atoms with Gasteiger partial charge in [-0.3, -0.25) is 43.5 Å². The van der Waals surface area contributed by atoms with E-state index in [4.69, 9.17) is 33.7 Å². The van der Waals surface area contributed by atoms with Crippen LogP contribution in [0, 0.1) is 0 Å². The van der Waals surface area contributed by atoms with Crippen molar-refractivity contribution in [2.24, 2.45) is 38.7 Å². The number of anilines is 4. The maximum Gasteiger partial charge on any atom is 0.251 e. The molecule has 26 nitrogen and oxygen atoms in total. The van der Waals surface area contributed by atoms with Gasteiger partial charge in [0.25, 0.3) is 5.91 Å². The van der Waals surface area contributed by atoms with Crippen LogP contribution < -0.4 is 65.9 Å². The second-order valence-corrected chi connectivity index (χ2v) is 21.8. The number of hydrogen-bond donors (Lipinski definition) is 13. The number of amides is 7. The third-order valence-corrected chi connectivity index (χ3v) is 15.2. The van der Waals surface area contributed by atoms with E-state index in [0.29, 0.717) is 77.4 Å². The third kappa shape index (κ3) is 19.4. The predicted octanol–water partition coefficient (Wildman–Crippen LogP) is 2.33. The first kappa shape index (κ1) is 63.3. The second-order valence-electron chi connectivity index (χ2n) is 21.8. The van der Waals surface area contributed by atoms with Crippen LogP contribution in [0.4, 0.5) is 22.7 Å². The lowest BCUT2D eigenvalue weighted by molar-refractivity contribution is -0.133. The van der Waals surface area contributed by atoms with E-state index in [0.717, 1.165) is 62.6 Å². The lowest BCUT2D eigenvalue weighted by Crippen LogP contribution is -2.58. The molecule has 4 heterocycles. The number of carbonyl (C=O) groups is 7. The van der Waals surface area contributed by atoms with Crippen LogP contribution in [-0.4, -0.2) is 155 Å². The molecule has 4 atom stereocenters. The number of nitrogens with one attached hydrogen (secondary N) is 8. The van der Waals surface area contributed by atoms with Gasteiger partial charge in [0.1, 0.15) is 24.2 Å². The van der Waals surface area contributed by atoms with E-state index in [1.807, 2.05) is 42.5 Å². The molecular formula is C61H79N19O7. The Labute approximate surface area is 504 Å². The summed E-state index contributed by atoms with van der Waals surface area (Å²) >= 11 is 0. The molecule has 6 aromatic rings. The highest BCUT2D eigenvalue weighted by Crippen LogP contribution is 2.36. The number of aromatic nitrogens is 3.